The number of likely N-dealkylation sites (tertiary alicyclic amines) is 1. The molecule has 3 heterocycles. The van der Waals surface area contributed by atoms with Crippen molar-refractivity contribution in [2.24, 2.45) is 11.7 Å². The first-order valence-corrected chi connectivity index (χ1v) is 11.3. The second kappa shape index (κ2) is 9.38. The summed E-state index contributed by atoms with van der Waals surface area (Å²) < 4.78 is 45.5. The molecule has 1 saturated heterocycles. The minimum Gasteiger partial charge on any atom is -0.384 e. The highest BCUT2D eigenvalue weighted by Crippen LogP contribution is 2.41. The number of methoxy groups -OCH3 is 1. The highest BCUT2D eigenvalue weighted by Gasteiger charge is 2.49. The largest absolute Gasteiger partial charge is 0.399 e. The minimum absolute atomic E-state index is 0.0268. The number of carbonyl (C=O) groups excluding carboxylic acids is 2. The molecular weight excluding hydrogens is 457 g/mol. The number of hydrogen-bond acceptors (Lipinski definition) is 6. The number of primary amides is 1. The molecule has 33 heavy (non-hydrogen) atoms. The van der Waals surface area contributed by atoms with E-state index in [2.05, 4.69) is 9.97 Å². The smallest absolute Gasteiger partial charge is 0.384 e. The van der Waals surface area contributed by atoms with Crippen LogP contribution in [0.4, 0.5) is 13.2 Å². The van der Waals surface area contributed by atoms with Crippen LogP contribution in [0.25, 0.3) is 10.4 Å². The van der Waals surface area contributed by atoms with E-state index in [1.54, 1.807) is 13.0 Å². The van der Waals surface area contributed by atoms with Crippen molar-refractivity contribution in [3.8, 4) is 10.4 Å². The summed E-state index contributed by atoms with van der Waals surface area (Å²) in [5.41, 5.74) is 4.49. The highest BCUT2D eigenvalue weighted by atomic mass is 32.1. The molecule has 2 amide bonds. The normalized spacial score (nSPS) is 19.2. The molecule has 1 aliphatic heterocycles. The van der Waals surface area contributed by atoms with E-state index in [0.717, 1.165) is 13.8 Å². The van der Waals surface area contributed by atoms with Crippen LogP contribution in [0.2, 0.25) is 0 Å². The molecule has 180 valence electrons. The molecule has 2 atom stereocenters. The molecule has 1 fully saturated rings. The molecule has 0 aliphatic carbocycles. The molecule has 0 radical (unpaired) electrons. The van der Waals surface area contributed by atoms with E-state index in [9.17, 15) is 22.8 Å². The van der Waals surface area contributed by atoms with Crippen LogP contribution in [0.5, 0.6) is 0 Å². The zero-order chi connectivity index (χ0) is 24.6. The average molecular weight is 485 g/mol. The standard InChI is InChI=1S/C22H27F3N4O3S/c1-12-19(13-5-7-27-15(9-13)21(2,3)22(23,24)25)33-16(28-12)10-17(30)29-8-6-14(11-32-4)18(29)20(26)31/h5,7,9,14,18H,6,8,10-11H2,1-4H3,(H2,26,31)/t14-,18-/m0/s1. The van der Waals surface area contributed by atoms with E-state index in [1.807, 2.05) is 0 Å². The van der Waals surface area contributed by atoms with Crippen LogP contribution in [0.3, 0.4) is 0 Å². The predicted octanol–water partition coefficient (Wildman–Crippen LogP) is 3.24. The van der Waals surface area contributed by atoms with Gasteiger partial charge in [-0.1, -0.05) is 0 Å². The Hall–Kier alpha value is -2.53. The maximum absolute atomic E-state index is 13.5. The lowest BCUT2D eigenvalue weighted by Crippen LogP contribution is -2.47. The van der Waals surface area contributed by atoms with Crippen LogP contribution in [0, 0.1) is 12.8 Å². The van der Waals surface area contributed by atoms with E-state index >= 15 is 0 Å². The van der Waals surface area contributed by atoms with Gasteiger partial charge < -0.3 is 15.4 Å². The monoisotopic (exact) mass is 484 g/mol. The van der Waals surface area contributed by atoms with Crippen LogP contribution in [-0.4, -0.2) is 59.2 Å². The molecule has 2 N–H and O–H groups in total. The van der Waals surface area contributed by atoms with Gasteiger partial charge in [-0.15, -0.1) is 11.3 Å². The maximum Gasteiger partial charge on any atom is 0.399 e. The third kappa shape index (κ3) is 5.03. The third-order valence-electron chi connectivity index (χ3n) is 6.03. The molecule has 3 rings (SSSR count). The van der Waals surface area contributed by atoms with Crippen LogP contribution in [-0.2, 0) is 26.2 Å². The Labute approximate surface area is 194 Å². The lowest BCUT2D eigenvalue weighted by atomic mass is 9.87. The van der Waals surface area contributed by atoms with Gasteiger partial charge in [-0.3, -0.25) is 14.6 Å². The van der Waals surface area contributed by atoms with Crippen LogP contribution in [0.1, 0.15) is 36.7 Å². The average Bonchev–Trinajstić information content (AvgIpc) is 3.31. The van der Waals surface area contributed by atoms with Gasteiger partial charge in [0.15, 0.2) is 0 Å². The van der Waals surface area contributed by atoms with Crippen LogP contribution < -0.4 is 5.73 Å². The fourth-order valence-corrected chi connectivity index (χ4v) is 5.05. The number of hydrogen-bond donors (Lipinski definition) is 1. The Kier molecular flexibility index (Phi) is 7.13. The number of pyridine rings is 1. The number of alkyl halides is 3. The topological polar surface area (TPSA) is 98.4 Å². The Morgan fingerprint density at radius 2 is 2.03 bits per heavy atom. The van der Waals surface area contributed by atoms with Gasteiger partial charge in [0.05, 0.1) is 29.3 Å². The van der Waals surface area contributed by atoms with E-state index in [0.29, 0.717) is 40.7 Å². The number of ether oxygens (including phenoxy) is 1. The van der Waals surface area contributed by atoms with E-state index in [4.69, 9.17) is 10.5 Å². The van der Waals surface area contributed by atoms with Gasteiger partial charge in [0.25, 0.3) is 0 Å². The number of carbonyl (C=O) groups is 2. The van der Waals surface area contributed by atoms with E-state index in [-0.39, 0.29) is 23.9 Å². The summed E-state index contributed by atoms with van der Waals surface area (Å²) in [4.78, 5) is 35.4. The van der Waals surface area contributed by atoms with Gasteiger partial charge in [-0.25, -0.2) is 4.98 Å². The Morgan fingerprint density at radius 1 is 1.33 bits per heavy atom. The number of thiazole rings is 1. The highest BCUT2D eigenvalue weighted by molar-refractivity contribution is 7.15. The van der Waals surface area contributed by atoms with Crippen molar-refractivity contribution in [3.63, 3.8) is 0 Å². The number of nitrogens with zero attached hydrogens (tertiary/aromatic N) is 3. The maximum atomic E-state index is 13.5. The molecular formula is C22H27F3N4O3S. The SMILES string of the molecule is COC[C@@H]1CCN(C(=O)Cc2nc(C)c(-c3ccnc(C(C)(C)C(F)(F)F)c3)s2)[C@@H]1C(N)=O. The van der Waals surface area contributed by atoms with Crippen LogP contribution >= 0.6 is 11.3 Å². The Bertz CT molecular complexity index is 1040. The molecule has 0 aromatic carbocycles. The van der Waals surface area contributed by atoms with Gasteiger partial charge in [-0.2, -0.15) is 13.2 Å². The number of rotatable bonds is 7. The summed E-state index contributed by atoms with van der Waals surface area (Å²) in [6, 6.07) is 2.31. The Morgan fingerprint density at radius 3 is 2.64 bits per heavy atom. The first-order chi connectivity index (χ1) is 15.4. The van der Waals surface area contributed by atoms with Gasteiger partial charge in [-0.05, 0) is 44.9 Å². The summed E-state index contributed by atoms with van der Waals surface area (Å²) in [6.07, 6.45) is -2.52. The molecule has 0 bridgehead atoms. The van der Waals surface area contributed by atoms with E-state index in [1.165, 1.54) is 35.6 Å². The van der Waals surface area contributed by atoms with E-state index < -0.39 is 23.5 Å². The first kappa shape index (κ1) is 25.1. The zero-order valence-electron chi connectivity index (χ0n) is 18.9. The summed E-state index contributed by atoms with van der Waals surface area (Å²) >= 11 is 1.24. The molecule has 0 saturated carbocycles. The summed E-state index contributed by atoms with van der Waals surface area (Å²) in [7, 11) is 1.53. The quantitative estimate of drug-likeness (QED) is 0.651. The van der Waals surface area contributed by atoms with Gasteiger partial charge in [0, 0.05) is 25.8 Å². The summed E-state index contributed by atoms with van der Waals surface area (Å²) in [6.45, 7) is 4.65. The van der Waals surface area contributed by atoms with Crippen molar-refractivity contribution in [1.29, 1.82) is 0 Å². The van der Waals surface area contributed by atoms with Crippen molar-refractivity contribution >= 4 is 23.2 Å². The van der Waals surface area contributed by atoms with Crippen molar-refractivity contribution in [3.05, 3.63) is 34.7 Å². The molecule has 7 nitrogen and oxygen atoms in total. The Balaban J connectivity index is 1.82. The van der Waals surface area contributed by atoms with Gasteiger partial charge in [0.1, 0.15) is 16.5 Å². The van der Waals surface area contributed by atoms with Gasteiger partial charge in [0.2, 0.25) is 11.8 Å². The van der Waals surface area contributed by atoms with Gasteiger partial charge >= 0.3 is 6.18 Å². The molecule has 2 aromatic rings. The minimum atomic E-state index is -4.45. The summed E-state index contributed by atoms with van der Waals surface area (Å²) in [5.74, 6) is -1.00. The fourth-order valence-electron chi connectivity index (χ4n) is 4.00. The predicted molar refractivity (Wildman–Crippen MR) is 118 cm³/mol. The van der Waals surface area contributed by atoms with Crippen LogP contribution in [0.15, 0.2) is 18.3 Å². The lowest BCUT2D eigenvalue weighted by molar-refractivity contribution is -0.181. The second-order valence-corrected chi connectivity index (χ2v) is 9.77. The van der Waals surface area contributed by atoms with Crippen molar-refractivity contribution in [2.75, 3.05) is 20.3 Å². The van der Waals surface area contributed by atoms with Crippen molar-refractivity contribution in [2.45, 2.75) is 51.2 Å². The second-order valence-electron chi connectivity index (χ2n) is 8.69. The molecule has 2 aromatic heterocycles. The lowest BCUT2D eigenvalue weighted by Gasteiger charge is -2.27. The molecule has 11 heteroatoms. The molecule has 1 aliphatic rings. The number of halogens is 3. The summed E-state index contributed by atoms with van der Waals surface area (Å²) in [5, 5.41) is 0.513. The first-order valence-electron chi connectivity index (χ1n) is 10.4. The fraction of sp³-hybridized carbons (Fsp3) is 0.545. The zero-order valence-corrected chi connectivity index (χ0v) is 19.7. The third-order valence-corrected chi connectivity index (χ3v) is 7.24. The number of aromatic nitrogens is 2. The molecule has 0 spiro atoms. The van der Waals surface area contributed by atoms with Crippen molar-refractivity contribution in [1.82, 2.24) is 14.9 Å². The van der Waals surface area contributed by atoms with Crippen molar-refractivity contribution < 1.29 is 27.5 Å². The number of amides is 2. The number of aryl methyl sites for hydroxylation is 1. The number of nitrogens with two attached hydrogens (primary N) is 1. The molecule has 0 unspecified atom stereocenters.